The second kappa shape index (κ2) is 7.03. The number of carbonyl (C=O) groups excluding carboxylic acids is 2. The maximum atomic E-state index is 15.2. The molecule has 0 aliphatic carbocycles. The summed E-state index contributed by atoms with van der Waals surface area (Å²) < 4.78 is 40.4. The van der Waals surface area contributed by atoms with Gasteiger partial charge in [0, 0.05) is 35.8 Å². The second-order valence-corrected chi connectivity index (χ2v) is 8.37. The monoisotopic (exact) mass is 448 g/mol. The van der Waals surface area contributed by atoms with Crippen molar-refractivity contribution in [3.05, 3.63) is 82.9 Å². The van der Waals surface area contributed by atoms with Gasteiger partial charge in [0.05, 0.1) is 18.8 Å². The van der Waals surface area contributed by atoms with Gasteiger partial charge in [-0.15, -0.1) is 0 Å². The van der Waals surface area contributed by atoms with E-state index in [4.69, 9.17) is 9.47 Å². The number of hydrogen-bond donors (Lipinski definition) is 1. The van der Waals surface area contributed by atoms with Crippen molar-refractivity contribution in [2.45, 2.75) is 11.8 Å². The fourth-order valence-corrected chi connectivity index (χ4v) is 5.02. The molecule has 0 aromatic heterocycles. The van der Waals surface area contributed by atoms with E-state index in [2.05, 4.69) is 5.32 Å². The summed E-state index contributed by atoms with van der Waals surface area (Å²) in [5.74, 6) is -1.18. The van der Waals surface area contributed by atoms with Gasteiger partial charge >= 0.3 is 5.97 Å². The average Bonchev–Trinajstić information content (AvgIpc) is 3.45. The molecule has 3 aliphatic heterocycles. The lowest BCUT2D eigenvalue weighted by atomic mass is 9.76. The minimum absolute atomic E-state index is 0.0272. The molecule has 0 bridgehead atoms. The molecular weight excluding hydrogens is 430 g/mol. The third kappa shape index (κ3) is 2.83. The summed E-state index contributed by atoms with van der Waals surface area (Å²) in [6.07, 6.45) is 0.686. The van der Waals surface area contributed by atoms with Crippen LogP contribution in [0, 0.1) is 11.6 Å². The van der Waals surface area contributed by atoms with Crippen LogP contribution < -0.4 is 19.7 Å². The second-order valence-electron chi connectivity index (χ2n) is 8.37. The standard InChI is InChI=1S/C25H18F2N2O4/c26-16-4-1-2-6-18(16)28-22(30)12-29-13-25(23-17(27)5-3-7-19(23)29)15-10-14-8-9-32-20(14)11-21(15)33-24(25)31/h1-7,10-11H,8-9,12-13H2,(H,28,30). The van der Waals surface area contributed by atoms with Gasteiger partial charge in [0.25, 0.3) is 0 Å². The molecule has 0 saturated heterocycles. The minimum atomic E-state index is -1.40. The summed E-state index contributed by atoms with van der Waals surface area (Å²) in [4.78, 5) is 27.6. The van der Waals surface area contributed by atoms with Crippen molar-refractivity contribution in [3.8, 4) is 11.5 Å². The Bertz CT molecular complexity index is 1340. The lowest BCUT2D eigenvalue weighted by Gasteiger charge is -2.23. The molecule has 6 nitrogen and oxygen atoms in total. The molecule has 3 aromatic carbocycles. The molecule has 6 rings (SSSR count). The maximum absolute atomic E-state index is 15.2. The van der Waals surface area contributed by atoms with Gasteiger partial charge in [-0.25, -0.2) is 8.78 Å². The fraction of sp³-hybridized carbons (Fsp3) is 0.200. The number of esters is 1. The summed E-state index contributed by atoms with van der Waals surface area (Å²) in [5, 5.41) is 2.54. The number of rotatable bonds is 3. The minimum Gasteiger partial charge on any atom is -0.493 e. The normalized spacial score (nSPS) is 19.7. The van der Waals surface area contributed by atoms with Crippen molar-refractivity contribution in [3.63, 3.8) is 0 Å². The number of fused-ring (bicyclic) bond motifs is 5. The number of hydrogen-bond acceptors (Lipinski definition) is 5. The predicted molar refractivity (Wildman–Crippen MR) is 116 cm³/mol. The number of carbonyl (C=O) groups is 2. The molecule has 1 N–H and O–H groups in total. The Balaban J connectivity index is 1.40. The van der Waals surface area contributed by atoms with E-state index < -0.39 is 28.9 Å². The molecule has 1 spiro atoms. The van der Waals surface area contributed by atoms with Crippen LogP contribution in [0.4, 0.5) is 20.2 Å². The molecule has 0 radical (unpaired) electrons. The molecule has 0 saturated carbocycles. The van der Waals surface area contributed by atoms with Gasteiger partial charge in [-0.2, -0.15) is 0 Å². The SMILES string of the molecule is O=C(CN1CC2(C(=O)Oc3cc4c(cc32)CCO4)c2c(F)cccc21)Nc1ccccc1F. The van der Waals surface area contributed by atoms with Gasteiger partial charge in [0.1, 0.15) is 28.5 Å². The van der Waals surface area contributed by atoms with Gasteiger partial charge in [0.15, 0.2) is 0 Å². The number of halogens is 2. The molecule has 166 valence electrons. The average molecular weight is 448 g/mol. The smallest absolute Gasteiger partial charge is 0.328 e. The van der Waals surface area contributed by atoms with Crippen molar-refractivity contribution in [2.24, 2.45) is 0 Å². The summed E-state index contributed by atoms with van der Waals surface area (Å²) in [6.45, 7) is 0.370. The quantitative estimate of drug-likeness (QED) is 0.490. The molecule has 0 fully saturated rings. The molecular formula is C25H18F2N2O4. The van der Waals surface area contributed by atoms with E-state index in [-0.39, 0.29) is 24.3 Å². The topological polar surface area (TPSA) is 67.9 Å². The Labute approximate surface area is 187 Å². The van der Waals surface area contributed by atoms with Gasteiger partial charge in [0.2, 0.25) is 5.91 Å². The summed E-state index contributed by atoms with van der Waals surface area (Å²) in [7, 11) is 0. The van der Waals surface area contributed by atoms with Crippen LogP contribution in [0.25, 0.3) is 0 Å². The number of para-hydroxylation sites is 1. The van der Waals surface area contributed by atoms with E-state index >= 15 is 4.39 Å². The van der Waals surface area contributed by atoms with Crippen LogP contribution in [-0.2, 0) is 21.4 Å². The molecule has 33 heavy (non-hydrogen) atoms. The highest BCUT2D eigenvalue weighted by Gasteiger charge is 2.58. The van der Waals surface area contributed by atoms with Crippen molar-refractivity contribution in [1.29, 1.82) is 0 Å². The number of benzene rings is 3. The zero-order valence-corrected chi connectivity index (χ0v) is 17.4. The first-order chi connectivity index (χ1) is 16.0. The van der Waals surface area contributed by atoms with E-state index in [9.17, 15) is 14.0 Å². The van der Waals surface area contributed by atoms with Crippen molar-refractivity contribution in [1.82, 2.24) is 0 Å². The number of anilines is 2. The Hall–Kier alpha value is -3.94. The summed E-state index contributed by atoms with van der Waals surface area (Å²) in [5.41, 5.74) is 0.773. The van der Waals surface area contributed by atoms with E-state index in [0.717, 1.165) is 5.56 Å². The van der Waals surface area contributed by atoms with Gasteiger partial charge in [-0.3, -0.25) is 9.59 Å². The third-order valence-corrected chi connectivity index (χ3v) is 6.47. The predicted octanol–water partition coefficient (Wildman–Crippen LogP) is 3.56. The Kier molecular flexibility index (Phi) is 4.20. The first-order valence-electron chi connectivity index (χ1n) is 10.6. The fourth-order valence-electron chi connectivity index (χ4n) is 5.02. The highest BCUT2D eigenvalue weighted by Crippen LogP contribution is 2.54. The van der Waals surface area contributed by atoms with E-state index in [1.807, 2.05) is 6.07 Å². The third-order valence-electron chi connectivity index (χ3n) is 6.47. The lowest BCUT2D eigenvalue weighted by molar-refractivity contribution is -0.136. The van der Waals surface area contributed by atoms with E-state index in [1.54, 1.807) is 23.1 Å². The van der Waals surface area contributed by atoms with Crippen LogP contribution >= 0.6 is 0 Å². The highest BCUT2D eigenvalue weighted by atomic mass is 19.1. The van der Waals surface area contributed by atoms with Crippen LogP contribution in [0.1, 0.15) is 16.7 Å². The summed E-state index contributed by atoms with van der Waals surface area (Å²) in [6, 6.07) is 13.9. The van der Waals surface area contributed by atoms with Gasteiger partial charge in [-0.1, -0.05) is 18.2 Å². The Morgan fingerprint density at radius 1 is 1.06 bits per heavy atom. The lowest BCUT2D eigenvalue weighted by Crippen LogP contribution is -2.42. The Morgan fingerprint density at radius 3 is 2.73 bits per heavy atom. The summed E-state index contributed by atoms with van der Waals surface area (Å²) >= 11 is 0. The largest absolute Gasteiger partial charge is 0.493 e. The van der Waals surface area contributed by atoms with Gasteiger partial charge in [-0.05, 0) is 35.9 Å². The van der Waals surface area contributed by atoms with Crippen LogP contribution in [0.2, 0.25) is 0 Å². The first kappa shape index (κ1) is 19.7. The van der Waals surface area contributed by atoms with Crippen molar-refractivity contribution in [2.75, 3.05) is 29.9 Å². The molecule has 1 atom stereocenters. The number of nitrogens with one attached hydrogen (secondary N) is 1. The van der Waals surface area contributed by atoms with Crippen LogP contribution in [-0.4, -0.2) is 31.6 Å². The van der Waals surface area contributed by atoms with Crippen LogP contribution in [0.15, 0.2) is 54.6 Å². The Morgan fingerprint density at radius 2 is 1.88 bits per heavy atom. The zero-order chi connectivity index (χ0) is 22.7. The van der Waals surface area contributed by atoms with Crippen molar-refractivity contribution < 1.29 is 27.8 Å². The molecule has 1 amide bonds. The van der Waals surface area contributed by atoms with E-state index in [0.29, 0.717) is 35.8 Å². The molecule has 1 unspecified atom stereocenters. The first-order valence-corrected chi connectivity index (χ1v) is 10.6. The maximum Gasteiger partial charge on any atom is 0.328 e. The molecule has 3 aliphatic rings. The molecule has 3 aromatic rings. The number of ether oxygens (including phenoxy) is 2. The van der Waals surface area contributed by atoms with Gasteiger partial charge < -0.3 is 19.7 Å². The van der Waals surface area contributed by atoms with Crippen LogP contribution in [0.5, 0.6) is 11.5 Å². The van der Waals surface area contributed by atoms with Crippen molar-refractivity contribution >= 4 is 23.3 Å². The van der Waals surface area contributed by atoms with Crippen LogP contribution in [0.3, 0.4) is 0 Å². The number of amides is 1. The molecule has 3 heterocycles. The highest BCUT2D eigenvalue weighted by molar-refractivity contribution is 6.01. The van der Waals surface area contributed by atoms with E-state index in [1.165, 1.54) is 30.3 Å². The zero-order valence-electron chi connectivity index (χ0n) is 17.4. The molecule has 8 heteroatoms. The number of nitrogens with zero attached hydrogens (tertiary/aromatic N) is 1.